The molecule has 0 spiro atoms. The van der Waals surface area contributed by atoms with Crippen molar-refractivity contribution in [1.82, 2.24) is 5.32 Å². The number of benzene rings is 1. The summed E-state index contributed by atoms with van der Waals surface area (Å²) in [4.78, 5) is 11.5. The molecule has 0 atom stereocenters. The average molecular weight is 372 g/mol. The summed E-state index contributed by atoms with van der Waals surface area (Å²) in [6.45, 7) is 0.542. The molecule has 1 aromatic rings. The molecular formula is C9H8BrFINO. The third-order valence-corrected chi connectivity index (χ3v) is 2.77. The van der Waals surface area contributed by atoms with Crippen molar-refractivity contribution in [3.05, 3.63) is 34.1 Å². The van der Waals surface area contributed by atoms with Gasteiger partial charge in [-0.25, -0.2) is 4.39 Å². The van der Waals surface area contributed by atoms with E-state index in [4.69, 9.17) is 0 Å². The molecule has 1 rings (SSSR count). The van der Waals surface area contributed by atoms with Crippen LogP contribution in [-0.4, -0.2) is 16.9 Å². The van der Waals surface area contributed by atoms with Crippen LogP contribution in [0.25, 0.3) is 0 Å². The maximum absolute atomic E-state index is 13.2. The fraction of sp³-hybridized carbons (Fsp3) is 0.222. The van der Waals surface area contributed by atoms with Gasteiger partial charge in [0.05, 0.1) is 5.56 Å². The molecule has 0 fully saturated rings. The molecule has 14 heavy (non-hydrogen) atoms. The fourth-order valence-corrected chi connectivity index (χ4v) is 1.76. The predicted molar refractivity (Wildman–Crippen MR) is 65.3 cm³/mol. The van der Waals surface area contributed by atoms with Crippen molar-refractivity contribution in [2.45, 2.75) is 0 Å². The molecule has 0 unspecified atom stereocenters. The molecule has 76 valence electrons. The maximum atomic E-state index is 13.2. The molecule has 1 N–H and O–H groups in total. The average Bonchev–Trinajstić information content (AvgIpc) is 2.14. The van der Waals surface area contributed by atoms with Gasteiger partial charge in [0.2, 0.25) is 0 Å². The second kappa shape index (κ2) is 5.65. The Morgan fingerprint density at radius 3 is 2.86 bits per heavy atom. The molecule has 0 bridgehead atoms. The van der Waals surface area contributed by atoms with E-state index in [1.54, 1.807) is 12.1 Å². The second-order valence-corrected chi connectivity index (χ2v) is 4.47. The van der Waals surface area contributed by atoms with Gasteiger partial charge in [0.1, 0.15) is 5.82 Å². The largest absolute Gasteiger partial charge is 0.351 e. The molecule has 2 nitrogen and oxygen atoms in total. The lowest BCUT2D eigenvalue weighted by molar-refractivity contribution is 0.0951. The van der Waals surface area contributed by atoms with E-state index < -0.39 is 5.82 Å². The molecule has 1 aromatic carbocycles. The maximum Gasteiger partial charge on any atom is 0.255 e. The highest BCUT2D eigenvalue weighted by Gasteiger charge is 2.14. The molecular weight excluding hydrogens is 364 g/mol. The normalized spacial score (nSPS) is 9.93. The molecule has 0 aliphatic rings. The van der Waals surface area contributed by atoms with Gasteiger partial charge in [-0.3, -0.25) is 4.79 Å². The third kappa shape index (κ3) is 2.91. The number of rotatable bonds is 3. The minimum Gasteiger partial charge on any atom is -0.351 e. The number of amides is 1. The molecule has 5 heteroatoms. The van der Waals surface area contributed by atoms with E-state index in [1.807, 2.05) is 0 Å². The summed E-state index contributed by atoms with van der Waals surface area (Å²) < 4.78 is 14.5. The third-order valence-electron chi connectivity index (χ3n) is 1.57. The van der Waals surface area contributed by atoms with Gasteiger partial charge in [-0.1, -0.05) is 28.7 Å². The quantitative estimate of drug-likeness (QED) is 0.642. The summed E-state index contributed by atoms with van der Waals surface area (Å²) in [6, 6.07) is 4.46. The molecule has 0 saturated heterocycles. The van der Waals surface area contributed by atoms with E-state index in [0.29, 0.717) is 11.0 Å². The van der Waals surface area contributed by atoms with Crippen molar-refractivity contribution < 1.29 is 9.18 Å². The molecule has 0 heterocycles. The lowest BCUT2D eigenvalue weighted by Gasteiger charge is -2.05. The highest BCUT2D eigenvalue weighted by atomic mass is 127. The van der Waals surface area contributed by atoms with Gasteiger partial charge in [-0.05, 0) is 28.1 Å². The Hall–Kier alpha value is -0.170. The van der Waals surface area contributed by atoms with Crippen molar-refractivity contribution in [1.29, 1.82) is 0 Å². The highest BCUT2D eigenvalue weighted by molar-refractivity contribution is 14.1. The van der Waals surface area contributed by atoms with Crippen molar-refractivity contribution in [2.24, 2.45) is 0 Å². The number of nitrogens with one attached hydrogen (secondary N) is 1. The Morgan fingerprint density at radius 1 is 1.57 bits per heavy atom. The zero-order valence-corrected chi connectivity index (χ0v) is 10.9. The van der Waals surface area contributed by atoms with Gasteiger partial charge in [0.15, 0.2) is 0 Å². The van der Waals surface area contributed by atoms with Gasteiger partial charge in [0, 0.05) is 15.4 Å². The topological polar surface area (TPSA) is 29.1 Å². The van der Waals surface area contributed by atoms with Gasteiger partial charge >= 0.3 is 0 Å². The van der Waals surface area contributed by atoms with Crippen LogP contribution >= 0.6 is 38.5 Å². The van der Waals surface area contributed by atoms with Crippen LogP contribution in [0.4, 0.5) is 4.39 Å². The van der Waals surface area contributed by atoms with Crippen LogP contribution in [0.15, 0.2) is 22.7 Å². The Balaban J connectivity index is 2.89. The molecule has 1 amide bonds. The number of carbonyl (C=O) groups excluding carboxylic acids is 1. The lowest BCUT2D eigenvalue weighted by atomic mass is 10.2. The SMILES string of the molecule is O=C(NCCI)c1c(F)cccc1Br. The Kier molecular flexibility index (Phi) is 4.80. The van der Waals surface area contributed by atoms with E-state index in [0.717, 1.165) is 4.43 Å². The van der Waals surface area contributed by atoms with E-state index in [2.05, 4.69) is 43.8 Å². The Morgan fingerprint density at radius 2 is 2.29 bits per heavy atom. The Bertz CT molecular complexity index is 325. The van der Waals surface area contributed by atoms with Crippen molar-refractivity contribution in [3.63, 3.8) is 0 Å². The molecule has 0 aliphatic carbocycles. The van der Waals surface area contributed by atoms with E-state index in [1.165, 1.54) is 6.07 Å². The van der Waals surface area contributed by atoms with Gasteiger partial charge < -0.3 is 5.32 Å². The van der Waals surface area contributed by atoms with Gasteiger partial charge in [-0.15, -0.1) is 0 Å². The number of halogens is 3. The zero-order chi connectivity index (χ0) is 10.6. The number of hydrogen-bond donors (Lipinski definition) is 1. The smallest absolute Gasteiger partial charge is 0.255 e. The first-order valence-corrected chi connectivity index (χ1v) is 6.27. The summed E-state index contributed by atoms with van der Waals surface area (Å²) >= 11 is 5.27. The summed E-state index contributed by atoms with van der Waals surface area (Å²) in [5.74, 6) is -0.892. The standard InChI is InChI=1S/C9H8BrFINO/c10-6-2-1-3-7(11)8(6)9(14)13-5-4-12/h1-3H,4-5H2,(H,13,14). The van der Waals surface area contributed by atoms with Crippen LogP contribution in [0.1, 0.15) is 10.4 Å². The lowest BCUT2D eigenvalue weighted by Crippen LogP contribution is -2.26. The monoisotopic (exact) mass is 371 g/mol. The minimum absolute atomic E-state index is 0.0670. The van der Waals surface area contributed by atoms with Crippen LogP contribution in [-0.2, 0) is 0 Å². The van der Waals surface area contributed by atoms with Crippen molar-refractivity contribution in [3.8, 4) is 0 Å². The first-order valence-electron chi connectivity index (χ1n) is 3.95. The highest BCUT2D eigenvalue weighted by Crippen LogP contribution is 2.19. The number of hydrogen-bond acceptors (Lipinski definition) is 1. The minimum atomic E-state index is -0.509. The van der Waals surface area contributed by atoms with E-state index in [9.17, 15) is 9.18 Å². The van der Waals surface area contributed by atoms with E-state index in [-0.39, 0.29) is 11.5 Å². The summed E-state index contributed by atoms with van der Waals surface area (Å²) in [6.07, 6.45) is 0. The van der Waals surface area contributed by atoms with Crippen LogP contribution in [0, 0.1) is 5.82 Å². The summed E-state index contributed by atoms with van der Waals surface area (Å²) in [5, 5.41) is 2.61. The van der Waals surface area contributed by atoms with Crippen LogP contribution in [0.3, 0.4) is 0 Å². The number of alkyl halides is 1. The Labute approximate surface area is 104 Å². The molecule has 0 saturated carbocycles. The summed E-state index contributed by atoms with van der Waals surface area (Å²) in [5.41, 5.74) is 0.0670. The van der Waals surface area contributed by atoms with E-state index >= 15 is 0 Å². The predicted octanol–water partition coefficient (Wildman–Crippen LogP) is 2.75. The number of carbonyl (C=O) groups is 1. The van der Waals surface area contributed by atoms with Crippen LogP contribution in [0.2, 0.25) is 0 Å². The molecule has 0 aromatic heterocycles. The summed E-state index contributed by atoms with van der Waals surface area (Å²) in [7, 11) is 0. The second-order valence-electron chi connectivity index (χ2n) is 2.54. The molecule has 0 aliphatic heterocycles. The zero-order valence-electron chi connectivity index (χ0n) is 7.19. The molecule has 0 radical (unpaired) electrons. The first kappa shape index (κ1) is 11.9. The fourth-order valence-electron chi connectivity index (χ4n) is 0.964. The van der Waals surface area contributed by atoms with Gasteiger partial charge in [0.25, 0.3) is 5.91 Å². The van der Waals surface area contributed by atoms with Crippen molar-refractivity contribution in [2.75, 3.05) is 11.0 Å². The van der Waals surface area contributed by atoms with Gasteiger partial charge in [-0.2, -0.15) is 0 Å². The van der Waals surface area contributed by atoms with Crippen molar-refractivity contribution >= 4 is 44.4 Å². The first-order chi connectivity index (χ1) is 6.66. The van der Waals surface area contributed by atoms with Crippen LogP contribution in [0.5, 0.6) is 0 Å². The van der Waals surface area contributed by atoms with Crippen LogP contribution < -0.4 is 5.32 Å².